The highest BCUT2D eigenvalue weighted by molar-refractivity contribution is 6.34. The zero-order valence-electron chi connectivity index (χ0n) is 19.9. The molecule has 0 unspecified atom stereocenters. The first-order valence-electron chi connectivity index (χ1n) is 11.1. The van der Waals surface area contributed by atoms with Crippen LogP contribution in [0.4, 0.5) is 32.0 Å². The molecule has 12 heteroatoms. The molecule has 0 bridgehead atoms. The Balaban J connectivity index is 1.81. The van der Waals surface area contributed by atoms with Crippen LogP contribution in [0.15, 0.2) is 66.7 Å². The second-order valence-corrected chi connectivity index (χ2v) is 8.95. The fourth-order valence-electron chi connectivity index (χ4n) is 3.89. The lowest BCUT2D eigenvalue weighted by Gasteiger charge is -2.19. The number of carbonyl (C=O) groups excluding carboxylic acids is 1. The number of alkyl halides is 6. The molecule has 38 heavy (non-hydrogen) atoms. The van der Waals surface area contributed by atoms with Crippen molar-refractivity contribution in [2.75, 3.05) is 11.9 Å². The second kappa shape index (κ2) is 10.1. The Morgan fingerprint density at radius 3 is 2.08 bits per heavy atom. The Morgan fingerprint density at radius 1 is 0.921 bits per heavy atom. The molecule has 0 saturated carbocycles. The van der Waals surface area contributed by atoms with Crippen molar-refractivity contribution in [3.8, 4) is 11.3 Å². The Kier molecular flexibility index (Phi) is 7.24. The molecule has 0 atom stereocenters. The van der Waals surface area contributed by atoms with Crippen LogP contribution in [0, 0.1) is 6.92 Å². The number of halogens is 7. The highest BCUT2D eigenvalue weighted by atomic mass is 35.5. The van der Waals surface area contributed by atoms with Crippen molar-refractivity contribution in [2.45, 2.75) is 25.8 Å². The normalized spacial score (nSPS) is 12.0. The number of hydrogen-bond acceptors (Lipinski definition) is 3. The summed E-state index contributed by atoms with van der Waals surface area (Å²) in [5, 5.41) is 8.19. The molecule has 1 aromatic heterocycles. The van der Waals surface area contributed by atoms with Gasteiger partial charge in [-0.1, -0.05) is 53.2 Å². The van der Waals surface area contributed by atoms with E-state index in [1.54, 1.807) is 48.5 Å². The van der Waals surface area contributed by atoms with Gasteiger partial charge in [0.2, 0.25) is 0 Å². The van der Waals surface area contributed by atoms with E-state index in [1.165, 1.54) is 11.9 Å². The summed E-state index contributed by atoms with van der Waals surface area (Å²) >= 11 is 6.31. The van der Waals surface area contributed by atoms with Crippen molar-refractivity contribution in [1.82, 2.24) is 15.0 Å². The number of carbonyl (C=O) groups is 1. The molecule has 4 rings (SSSR count). The van der Waals surface area contributed by atoms with Crippen molar-refractivity contribution in [2.24, 2.45) is 0 Å². The molecule has 0 aliphatic heterocycles. The smallest absolute Gasteiger partial charge is 0.308 e. The first-order valence-corrected chi connectivity index (χ1v) is 11.4. The fourth-order valence-corrected chi connectivity index (χ4v) is 4.25. The molecule has 0 aliphatic carbocycles. The molecule has 3 aromatic carbocycles. The van der Waals surface area contributed by atoms with Gasteiger partial charge >= 0.3 is 12.4 Å². The molecule has 0 spiro atoms. The van der Waals surface area contributed by atoms with Crippen LogP contribution in [0.1, 0.15) is 32.7 Å². The van der Waals surface area contributed by atoms with Crippen LogP contribution in [0.5, 0.6) is 0 Å². The largest absolute Gasteiger partial charge is 0.416 e. The van der Waals surface area contributed by atoms with Gasteiger partial charge in [-0.2, -0.15) is 26.3 Å². The van der Waals surface area contributed by atoms with Crippen molar-refractivity contribution in [3.63, 3.8) is 0 Å². The molecule has 1 amide bonds. The van der Waals surface area contributed by atoms with Crippen LogP contribution >= 0.6 is 11.6 Å². The van der Waals surface area contributed by atoms with E-state index in [0.717, 1.165) is 10.2 Å². The third kappa shape index (κ3) is 5.67. The maximum Gasteiger partial charge on any atom is 0.416 e. The number of aromatic nitrogens is 3. The average molecular weight is 553 g/mol. The highest BCUT2D eigenvalue weighted by Gasteiger charge is 2.37. The quantitative estimate of drug-likeness (QED) is 0.245. The van der Waals surface area contributed by atoms with Crippen molar-refractivity contribution >= 4 is 23.2 Å². The topological polar surface area (TPSA) is 51.0 Å². The van der Waals surface area contributed by atoms with E-state index in [4.69, 9.17) is 11.6 Å². The van der Waals surface area contributed by atoms with Gasteiger partial charge < -0.3 is 4.90 Å². The molecule has 198 valence electrons. The van der Waals surface area contributed by atoms with Crippen LogP contribution in [0.25, 0.3) is 11.3 Å². The van der Waals surface area contributed by atoms with E-state index in [9.17, 15) is 31.1 Å². The molecule has 1 heterocycles. The lowest BCUT2D eigenvalue weighted by Crippen LogP contribution is -2.27. The minimum Gasteiger partial charge on any atom is -0.308 e. The van der Waals surface area contributed by atoms with E-state index in [0.29, 0.717) is 28.4 Å². The minimum absolute atomic E-state index is 0.0537. The molecule has 4 aromatic rings. The van der Waals surface area contributed by atoms with Gasteiger partial charge in [0.1, 0.15) is 5.69 Å². The summed E-state index contributed by atoms with van der Waals surface area (Å²) in [7, 11) is 1.47. The van der Waals surface area contributed by atoms with Crippen LogP contribution in [-0.2, 0) is 18.9 Å². The average Bonchev–Trinajstić information content (AvgIpc) is 3.25. The Morgan fingerprint density at radius 2 is 1.53 bits per heavy atom. The third-order valence-corrected chi connectivity index (χ3v) is 6.04. The minimum atomic E-state index is -5.00. The van der Waals surface area contributed by atoms with Gasteiger partial charge in [0.05, 0.1) is 28.4 Å². The molecular weight excluding hydrogens is 534 g/mol. The Labute approximate surface area is 218 Å². The summed E-state index contributed by atoms with van der Waals surface area (Å²) in [5.74, 6) is -0.624. The van der Waals surface area contributed by atoms with Gasteiger partial charge in [-0.05, 0) is 48.4 Å². The van der Waals surface area contributed by atoms with E-state index in [1.807, 2.05) is 6.92 Å². The number of aryl methyl sites for hydroxylation is 1. The number of benzene rings is 3. The first kappa shape index (κ1) is 27.2. The number of hydrogen-bond donors (Lipinski definition) is 0. The molecule has 0 aliphatic rings. The van der Waals surface area contributed by atoms with Gasteiger partial charge in [0.25, 0.3) is 5.91 Å². The fraction of sp³-hybridized carbons (Fsp3) is 0.192. The number of nitrogens with zero attached hydrogens (tertiary/aromatic N) is 4. The van der Waals surface area contributed by atoms with E-state index >= 15 is 0 Å². The molecule has 5 nitrogen and oxygen atoms in total. The summed E-state index contributed by atoms with van der Waals surface area (Å²) in [5.41, 5.74) is -1.56. The predicted octanol–water partition coefficient (Wildman–Crippen LogP) is 7.27. The van der Waals surface area contributed by atoms with Crippen LogP contribution < -0.4 is 4.90 Å². The number of rotatable bonds is 5. The van der Waals surface area contributed by atoms with E-state index in [-0.39, 0.29) is 23.0 Å². The van der Waals surface area contributed by atoms with Gasteiger partial charge in [-0.3, -0.25) is 4.79 Å². The maximum atomic E-state index is 13.5. The molecule has 0 fully saturated rings. The van der Waals surface area contributed by atoms with Crippen molar-refractivity contribution < 1.29 is 31.1 Å². The Hall–Kier alpha value is -3.86. The zero-order valence-corrected chi connectivity index (χ0v) is 20.7. The van der Waals surface area contributed by atoms with Crippen LogP contribution in [0.2, 0.25) is 5.02 Å². The summed E-state index contributed by atoms with van der Waals surface area (Å²) < 4.78 is 81.3. The third-order valence-electron chi connectivity index (χ3n) is 5.73. The highest BCUT2D eigenvalue weighted by Crippen LogP contribution is 2.37. The second-order valence-electron chi connectivity index (χ2n) is 8.54. The van der Waals surface area contributed by atoms with Gasteiger partial charge in [0.15, 0.2) is 5.69 Å². The van der Waals surface area contributed by atoms with Crippen molar-refractivity contribution in [3.05, 3.63) is 99.7 Å². The maximum absolute atomic E-state index is 13.5. The summed E-state index contributed by atoms with van der Waals surface area (Å²) in [6, 6.07) is 14.6. The SMILES string of the molecule is Cc1ccc(N(C)C(=O)c2nnn(Cc3cc(C(F)(F)F)cc(C(F)(F)F)c3)c2-c2ccccc2)c(Cl)c1. The molecule has 0 radical (unpaired) electrons. The monoisotopic (exact) mass is 552 g/mol. The lowest BCUT2D eigenvalue weighted by atomic mass is 10.0. The standard InChI is InChI=1S/C26H19ClF6N4O/c1-15-8-9-21(20(27)10-15)36(2)24(38)22-23(17-6-4-3-5-7-17)37(35-34-22)14-16-11-18(25(28,29)30)13-19(12-16)26(31,32)33/h3-13H,14H2,1-2H3. The number of anilines is 1. The summed E-state index contributed by atoms with van der Waals surface area (Å²) in [4.78, 5) is 14.7. The van der Waals surface area contributed by atoms with E-state index in [2.05, 4.69) is 10.3 Å². The van der Waals surface area contributed by atoms with Gasteiger partial charge in [0, 0.05) is 12.6 Å². The van der Waals surface area contributed by atoms with Crippen molar-refractivity contribution in [1.29, 1.82) is 0 Å². The van der Waals surface area contributed by atoms with Gasteiger partial charge in [-0.15, -0.1) is 5.10 Å². The molecule has 0 saturated heterocycles. The zero-order chi connectivity index (χ0) is 27.8. The summed E-state index contributed by atoms with van der Waals surface area (Å²) in [6.45, 7) is 1.32. The first-order chi connectivity index (χ1) is 17.8. The Bertz CT molecular complexity index is 1450. The van der Waals surface area contributed by atoms with Crippen LogP contribution in [0.3, 0.4) is 0 Å². The van der Waals surface area contributed by atoms with Gasteiger partial charge in [-0.25, -0.2) is 4.68 Å². The van der Waals surface area contributed by atoms with E-state index < -0.39 is 35.9 Å². The predicted molar refractivity (Wildman–Crippen MR) is 130 cm³/mol. The van der Waals surface area contributed by atoms with Crippen LogP contribution in [-0.4, -0.2) is 27.9 Å². The molecular formula is C26H19ClF6N4O. The number of amides is 1. The lowest BCUT2D eigenvalue weighted by molar-refractivity contribution is -0.143. The molecule has 0 N–H and O–H groups in total. The summed E-state index contributed by atoms with van der Waals surface area (Å²) in [6.07, 6.45) is -10.0.